The number of nitrogens with two attached hydrogens (primary N) is 1. The number of benzene rings is 3. The fraction of sp³-hybridized carbons (Fsp3) is 0.233. The lowest BCUT2D eigenvalue weighted by molar-refractivity contribution is 0.102. The molecule has 4 N–H and O–H groups in total. The molecular weight excluding hydrogens is 476 g/mol. The number of carbonyl (C=O) groups excluding carboxylic acids is 1. The van der Waals surface area contributed by atoms with E-state index in [-0.39, 0.29) is 23.9 Å². The van der Waals surface area contributed by atoms with Crippen LogP contribution in [0.1, 0.15) is 59.2 Å². The first-order valence-electron chi connectivity index (χ1n) is 12.3. The maximum Gasteiger partial charge on any atom is 0.255 e. The molecule has 0 aliphatic carbocycles. The van der Waals surface area contributed by atoms with Crippen LogP contribution in [0.5, 0.6) is 0 Å². The molecule has 0 saturated heterocycles. The van der Waals surface area contributed by atoms with Crippen molar-refractivity contribution in [2.75, 3.05) is 11.1 Å². The molecule has 0 aliphatic rings. The van der Waals surface area contributed by atoms with Gasteiger partial charge in [0, 0.05) is 28.8 Å². The first-order valence-corrected chi connectivity index (χ1v) is 12.3. The van der Waals surface area contributed by atoms with E-state index < -0.39 is 0 Å². The third-order valence-corrected chi connectivity index (χ3v) is 6.20. The van der Waals surface area contributed by atoms with Crippen LogP contribution in [0.15, 0.2) is 66.7 Å². The second kappa shape index (κ2) is 11.2. The van der Waals surface area contributed by atoms with E-state index >= 15 is 0 Å². The average molecular weight is 507 g/mol. The number of nitrogen functional groups attached to an aromatic ring is 1. The van der Waals surface area contributed by atoms with E-state index in [0.29, 0.717) is 46.9 Å². The van der Waals surface area contributed by atoms with Crippen LogP contribution in [0.3, 0.4) is 0 Å². The topological polar surface area (TPSA) is 138 Å². The number of aromatic nitrogens is 3. The molecule has 38 heavy (non-hydrogen) atoms. The Labute approximate surface area is 222 Å². The van der Waals surface area contributed by atoms with E-state index in [9.17, 15) is 9.90 Å². The summed E-state index contributed by atoms with van der Waals surface area (Å²) in [7, 11) is 0. The van der Waals surface area contributed by atoms with Gasteiger partial charge in [0.05, 0.1) is 19.1 Å². The third kappa shape index (κ3) is 6.20. The Morgan fingerprint density at radius 1 is 0.974 bits per heavy atom. The lowest BCUT2D eigenvalue weighted by atomic mass is 9.86. The normalized spacial score (nSPS) is 11.1. The van der Waals surface area contributed by atoms with Crippen LogP contribution >= 0.6 is 0 Å². The fourth-order valence-electron chi connectivity index (χ4n) is 4.09. The summed E-state index contributed by atoms with van der Waals surface area (Å²) in [5.74, 6) is 0.553. The number of carbonyl (C=O) groups is 1. The summed E-state index contributed by atoms with van der Waals surface area (Å²) >= 11 is 0. The van der Waals surface area contributed by atoms with Crippen molar-refractivity contribution >= 4 is 17.5 Å². The molecular formula is C30H30N6O2. The number of hydrogen-bond donors (Lipinski definition) is 3. The second-order valence-electron chi connectivity index (χ2n) is 10.0. The van der Waals surface area contributed by atoms with Crippen LogP contribution in [0.25, 0.3) is 11.4 Å². The first-order chi connectivity index (χ1) is 18.2. The summed E-state index contributed by atoms with van der Waals surface area (Å²) in [6.07, 6.45) is 0.768. The molecule has 0 spiro atoms. The number of nitrogens with zero attached hydrogens (tertiary/aromatic N) is 4. The molecule has 4 aromatic rings. The van der Waals surface area contributed by atoms with Crippen molar-refractivity contribution < 1.29 is 9.90 Å². The quantitative estimate of drug-likeness (QED) is 0.327. The van der Waals surface area contributed by atoms with Crippen LogP contribution < -0.4 is 11.1 Å². The van der Waals surface area contributed by atoms with Gasteiger partial charge < -0.3 is 16.2 Å². The Morgan fingerprint density at radius 2 is 1.66 bits per heavy atom. The van der Waals surface area contributed by atoms with Crippen molar-refractivity contribution in [3.63, 3.8) is 0 Å². The molecule has 3 aromatic carbocycles. The fourth-order valence-corrected chi connectivity index (χ4v) is 4.09. The monoisotopic (exact) mass is 506 g/mol. The summed E-state index contributed by atoms with van der Waals surface area (Å²) in [6, 6.07) is 22.5. The van der Waals surface area contributed by atoms with E-state index in [1.165, 1.54) is 0 Å². The molecule has 192 valence electrons. The molecule has 0 unspecified atom stereocenters. The predicted octanol–water partition coefficient (Wildman–Crippen LogP) is 4.82. The van der Waals surface area contributed by atoms with Gasteiger partial charge >= 0.3 is 0 Å². The summed E-state index contributed by atoms with van der Waals surface area (Å²) in [6.45, 7) is 6.02. The van der Waals surface area contributed by atoms with Crippen LogP contribution in [0.4, 0.5) is 11.6 Å². The van der Waals surface area contributed by atoms with Gasteiger partial charge in [-0.25, -0.2) is 4.98 Å². The highest BCUT2D eigenvalue weighted by atomic mass is 16.3. The van der Waals surface area contributed by atoms with Crippen molar-refractivity contribution in [2.24, 2.45) is 0 Å². The van der Waals surface area contributed by atoms with Gasteiger partial charge in [0.25, 0.3) is 5.91 Å². The van der Waals surface area contributed by atoms with Gasteiger partial charge in [-0.15, -0.1) is 0 Å². The zero-order valence-electron chi connectivity index (χ0n) is 21.7. The van der Waals surface area contributed by atoms with Crippen molar-refractivity contribution in [3.05, 3.63) is 100 Å². The SMILES string of the molecule is CC(C)(C)c1ccc(C(=O)Nc2cccc(-c3nc(N)nc(Cc4ccc(CC#N)cc4)n3)c2CO)cc1. The molecule has 1 heterocycles. The average Bonchev–Trinajstić information content (AvgIpc) is 2.89. The van der Waals surface area contributed by atoms with Crippen molar-refractivity contribution in [1.29, 1.82) is 5.26 Å². The minimum absolute atomic E-state index is 0.0144. The molecule has 4 rings (SSSR count). The number of aliphatic hydroxyl groups is 1. The van der Waals surface area contributed by atoms with E-state index in [0.717, 1.165) is 16.7 Å². The molecule has 0 radical (unpaired) electrons. The third-order valence-electron chi connectivity index (χ3n) is 6.20. The Morgan fingerprint density at radius 3 is 2.29 bits per heavy atom. The molecule has 0 fully saturated rings. The maximum absolute atomic E-state index is 13.0. The Kier molecular flexibility index (Phi) is 7.79. The minimum atomic E-state index is -0.337. The number of anilines is 2. The number of aliphatic hydroxyl groups excluding tert-OH is 1. The van der Waals surface area contributed by atoms with Crippen molar-refractivity contribution in [2.45, 2.75) is 45.6 Å². The van der Waals surface area contributed by atoms with E-state index in [1.54, 1.807) is 30.3 Å². The van der Waals surface area contributed by atoms with Gasteiger partial charge in [0.15, 0.2) is 5.82 Å². The lowest BCUT2D eigenvalue weighted by Crippen LogP contribution is -2.15. The summed E-state index contributed by atoms with van der Waals surface area (Å²) < 4.78 is 0. The van der Waals surface area contributed by atoms with Gasteiger partial charge in [-0.3, -0.25) is 4.79 Å². The van der Waals surface area contributed by atoms with Gasteiger partial charge in [0.2, 0.25) is 5.95 Å². The molecule has 8 nitrogen and oxygen atoms in total. The van der Waals surface area contributed by atoms with Gasteiger partial charge in [-0.05, 0) is 40.3 Å². The highest BCUT2D eigenvalue weighted by Gasteiger charge is 2.18. The number of nitrogens with one attached hydrogen (secondary N) is 1. The highest BCUT2D eigenvalue weighted by molar-refractivity contribution is 6.05. The molecule has 1 aromatic heterocycles. The number of hydrogen-bond acceptors (Lipinski definition) is 7. The van der Waals surface area contributed by atoms with Crippen LogP contribution in [-0.2, 0) is 24.9 Å². The Hall–Kier alpha value is -4.61. The number of rotatable bonds is 7. The van der Waals surface area contributed by atoms with Crippen LogP contribution in [-0.4, -0.2) is 26.0 Å². The summed E-state index contributed by atoms with van der Waals surface area (Å²) in [5, 5.41) is 22.0. The van der Waals surface area contributed by atoms with Gasteiger partial charge in [0.1, 0.15) is 5.82 Å². The maximum atomic E-state index is 13.0. The molecule has 8 heteroatoms. The highest BCUT2D eigenvalue weighted by Crippen LogP contribution is 2.29. The van der Waals surface area contributed by atoms with E-state index in [2.05, 4.69) is 47.1 Å². The summed E-state index contributed by atoms with van der Waals surface area (Å²) in [4.78, 5) is 26.2. The Bertz CT molecular complexity index is 1480. The smallest absolute Gasteiger partial charge is 0.255 e. The van der Waals surface area contributed by atoms with Crippen LogP contribution in [0.2, 0.25) is 0 Å². The first kappa shape index (κ1) is 26.5. The van der Waals surface area contributed by atoms with Gasteiger partial charge in [-0.2, -0.15) is 15.2 Å². The number of amides is 1. The van der Waals surface area contributed by atoms with Gasteiger partial charge in [-0.1, -0.05) is 69.3 Å². The largest absolute Gasteiger partial charge is 0.392 e. The second-order valence-corrected chi connectivity index (χ2v) is 10.0. The molecule has 0 atom stereocenters. The zero-order valence-corrected chi connectivity index (χ0v) is 21.7. The zero-order chi connectivity index (χ0) is 27.3. The molecule has 1 amide bonds. The van der Waals surface area contributed by atoms with Crippen LogP contribution in [0, 0.1) is 11.3 Å². The molecule has 0 saturated carbocycles. The van der Waals surface area contributed by atoms with E-state index in [4.69, 9.17) is 11.0 Å². The Balaban J connectivity index is 1.60. The minimum Gasteiger partial charge on any atom is -0.392 e. The standard InChI is InChI=1S/C30H30N6O2/c1-30(2,3)22-13-11-21(12-14-22)28(38)33-25-6-4-5-23(24(25)18-37)27-34-26(35-29(32)36-27)17-20-9-7-19(8-10-20)15-16-31/h4-14,37H,15,17-18H2,1-3H3,(H,33,38)(H2,32,34,35,36). The lowest BCUT2D eigenvalue weighted by Gasteiger charge is -2.19. The predicted molar refractivity (Wildman–Crippen MR) is 147 cm³/mol. The van der Waals surface area contributed by atoms with E-state index in [1.807, 2.05) is 36.4 Å². The number of nitriles is 1. The molecule has 0 bridgehead atoms. The van der Waals surface area contributed by atoms with Crippen molar-refractivity contribution in [3.8, 4) is 17.5 Å². The summed E-state index contributed by atoms with van der Waals surface area (Å²) in [5.41, 5.74) is 11.0. The molecule has 0 aliphatic heterocycles. The van der Waals surface area contributed by atoms with Crippen molar-refractivity contribution in [1.82, 2.24) is 15.0 Å².